The number of nitrogens with one attached hydrogen (secondary N) is 1. The number of carbonyl (C=O) groups is 1. The van der Waals surface area contributed by atoms with Crippen molar-refractivity contribution in [3.63, 3.8) is 0 Å². The minimum atomic E-state index is -0.0870. The Balaban J connectivity index is 1.51. The van der Waals surface area contributed by atoms with E-state index in [1.54, 1.807) is 6.20 Å². The Morgan fingerprint density at radius 3 is 2.82 bits per heavy atom. The zero-order valence-corrected chi connectivity index (χ0v) is 16.5. The Labute approximate surface area is 169 Å². The Kier molecular flexibility index (Phi) is 6.09. The van der Waals surface area contributed by atoms with E-state index in [-0.39, 0.29) is 11.9 Å². The van der Waals surface area contributed by atoms with Crippen molar-refractivity contribution in [3.05, 3.63) is 82.6 Å². The van der Waals surface area contributed by atoms with Gasteiger partial charge in [-0.2, -0.15) is 0 Å². The van der Waals surface area contributed by atoms with Gasteiger partial charge in [0.25, 0.3) is 5.91 Å². The third kappa shape index (κ3) is 4.64. The van der Waals surface area contributed by atoms with Gasteiger partial charge in [-0.15, -0.1) is 11.3 Å². The van der Waals surface area contributed by atoms with Crippen LogP contribution in [0.15, 0.2) is 66.4 Å². The third-order valence-electron chi connectivity index (χ3n) is 5.21. The van der Waals surface area contributed by atoms with Crippen LogP contribution in [0.25, 0.3) is 0 Å². The van der Waals surface area contributed by atoms with Crippen LogP contribution >= 0.6 is 11.3 Å². The second kappa shape index (κ2) is 9.08. The SMILES string of the molecule is O=C(N[C@@H](c1ccccn1)[C@H]1CCCN(Cc2ccncc2)C1)c1cccs1. The number of nitrogens with zero attached hydrogens (tertiary/aromatic N) is 3. The zero-order chi connectivity index (χ0) is 19.2. The van der Waals surface area contributed by atoms with Crippen LogP contribution in [0, 0.1) is 5.92 Å². The number of aromatic nitrogens is 2. The fourth-order valence-corrected chi connectivity index (χ4v) is 4.49. The van der Waals surface area contributed by atoms with Crippen molar-refractivity contribution in [2.45, 2.75) is 25.4 Å². The first kappa shape index (κ1) is 18.8. The molecule has 0 saturated carbocycles. The number of pyridine rings is 2. The topological polar surface area (TPSA) is 58.1 Å². The van der Waals surface area contributed by atoms with E-state index in [1.165, 1.54) is 16.9 Å². The van der Waals surface area contributed by atoms with Crippen molar-refractivity contribution >= 4 is 17.2 Å². The van der Waals surface area contributed by atoms with Gasteiger partial charge in [-0.25, -0.2) is 0 Å². The Morgan fingerprint density at radius 1 is 1.18 bits per heavy atom. The maximum absolute atomic E-state index is 12.8. The number of rotatable bonds is 6. The Hall–Kier alpha value is -2.57. The summed E-state index contributed by atoms with van der Waals surface area (Å²) >= 11 is 1.47. The van der Waals surface area contributed by atoms with E-state index in [0.717, 1.165) is 43.0 Å². The molecule has 144 valence electrons. The van der Waals surface area contributed by atoms with E-state index in [4.69, 9.17) is 0 Å². The molecule has 0 unspecified atom stereocenters. The van der Waals surface area contributed by atoms with Crippen LogP contribution < -0.4 is 5.32 Å². The molecule has 0 spiro atoms. The molecule has 4 rings (SSSR count). The van der Waals surface area contributed by atoms with Crippen LogP contribution in [0.1, 0.15) is 39.8 Å². The summed E-state index contributed by atoms with van der Waals surface area (Å²) in [6, 6.07) is 13.7. The lowest BCUT2D eigenvalue weighted by Crippen LogP contribution is -2.42. The van der Waals surface area contributed by atoms with Gasteiger partial charge in [-0.05, 0) is 66.6 Å². The fraction of sp³-hybridized carbons (Fsp3) is 0.318. The molecular weight excluding hydrogens is 368 g/mol. The van der Waals surface area contributed by atoms with Crippen LogP contribution in [-0.2, 0) is 6.54 Å². The lowest BCUT2D eigenvalue weighted by molar-refractivity contribution is 0.0879. The molecule has 0 radical (unpaired) electrons. The quantitative estimate of drug-likeness (QED) is 0.691. The fourth-order valence-electron chi connectivity index (χ4n) is 3.87. The average molecular weight is 393 g/mol. The number of carbonyl (C=O) groups excluding carboxylic acids is 1. The maximum atomic E-state index is 12.8. The smallest absolute Gasteiger partial charge is 0.261 e. The van der Waals surface area contributed by atoms with Gasteiger partial charge in [0.05, 0.1) is 16.6 Å². The molecule has 3 aromatic heterocycles. The van der Waals surface area contributed by atoms with Gasteiger partial charge in [0.1, 0.15) is 0 Å². The number of hydrogen-bond acceptors (Lipinski definition) is 5. The van der Waals surface area contributed by atoms with Crippen LogP contribution in [0.5, 0.6) is 0 Å². The highest BCUT2D eigenvalue weighted by atomic mass is 32.1. The van der Waals surface area contributed by atoms with E-state index < -0.39 is 0 Å². The molecule has 0 aromatic carbocycles. The molecule has 4 heterocycles. The number of thiophene rings is 1. The lowest BCUT2D eigenvalue weighted by Gasteiger charge is -2.37. The molecule has 0 bridgehead atoms. The standard InChI is InChI=1S/C22H24N4OS/c27-22(20-7-4-14-28-20)25-21(19-6-1-2-10-24-19)18-5-3-13-26(16-18)15-17-8-11-23-12-9-17/h1-2,4,6-12,14,18,21H,3,5,13,15-16H2,(H,25,27)/t18-,21+/m0/s1. The summed E-state index contributed by atoms with van der Waals surface area (Å²) in [6.45, 7) is 2.92. The van der Waals surface area contributed by atoms with Crippen molar-refractivity contribution in [1.82, 2.24) is 20.2 Å². The number of hydrogen-bond donors (Lipinski definition) is 1. The second-order valence-electron chi connectivity index (χ2n) is 7.18. The summed E-state index contributed by atoms with van der Waals surface area (Å²) in [5.74, 6) is 0.311. The van der Waals surface area contributed by atoms with Gasteiger partial charge in [0.15, 0.2) is 0 Å². The summed E-state index contributed by atoms with van der Waals surface area (Å²) in [5.41, 5.74) is 2.20. The van der Waals surface area contributed by atoms with Crippen molar-refractivity contribution in [3.8, 4) is 0 Å². The molecular formula is C22H24N4OS. The highest BCUT2D eigenvalue weighted by Gasteiger charge is 2.30. The van der Waals surface area contributed by atoms with Crippen molar-refractivity contribution in [1.29, 1.82) is 0 Å². The van der Waals surface area contributed by atoms with E-state index in [0.29, 0.717) is 5.92 Å². The summed E-state index contributed by atoms with van der Waals surface area (Å²) in [7, 11) is 0. The predicted molar refractivity (Wildman–Crippen MR) is 111 cm³/mol. The molecule has 2 atom stereocenters. The first-order valence-corrected chi connectivity index (χ1v) is 10.5. The molecule has 1 aliphatic heterocycles. The molecule has 1 amide bonds. The van der Waals surface area contributed by atoms with E-state index in [2.05, 4.69) is 32.3 Å². The summed E-state index contributed by atoms with van der Waals surface area (Å²) in [6.07, 6.45) is 7.69. The van der Waals surface area contributed by atoms with Gasteiger partial charge in [0.2, 0.25) is 0 Å². The molecule has 1 aliphatic rings. The van der Waals surface area contributed by atoms with Crippen LogP contribution in [0.4, 0.5) is 0 Å². The van der Waals surface area contributed by atoms with Crippen LogP contribution in [-0.4, -0.2) is 33.9 Å². The second-order valence-corrected chi connectivity index (χ2v) is 8.12. The predicted octanol–water partition coefficient (Wildman–Crippen LogP) is 3.92. The molecule has 1 N–H and O–H groups in total. The summed E-state index contributed by atoms with van der Waals surface area (Å²) in [5, 5.41) is 5.19. The molecule has 1 fully saturated rings. The number of likely N-dealkylation sites (tertiary alicyclic amines) is 1. The summed E-state index contributed by atoms with van der Waals surface area (Å²) in [4.78, 5) is 24.6. The van der Waals surface area contributed by atoms with E-state index >= 15 is 0 Å². The van der Waals surface area contributed by atoms with Crippen LogP contribution in [0.2, 0.25) is 0 Å². The van der Waals surface area contributed by atoms with Crippen LogP contribution in [0.3, 0.4) is 0 Å². The number of piperidine rings is 1. The maximum Gasteiger partial charge on any atom is 0.261 e. The molecule has 28 heavy (non-hydrogen) atoms. The summed E-state index contributed by atoms with van der Waals surface area (Å²) < 4.78 is 0. The lowest BCUT2D eigenvalue weighted by atomic mass is 9.88. The van der Waals surface area contributed by atoms with Gasteiger partial charge in [0, 0.05) is 31.7 Å². The van der Waals surface area contributed by atoms with Gasteiger partial charge in [-0.3, -0.25) is 19.7 Å². The monoisotopic (exact) mass is 392 g/mol. The molecule has 0 aliphatic carbocycles. The van der Waals surface area contributed by atoms with Gasteiger partial charge < -0.3 is 5.32 Å². The minimum absolute atomic E-state index is 0.0167. The molecule has 1 saturated heterocycles. The van der Waals surface area contributed by atoms with Crippen molar-refractivity contribution in [2.75, 3.05) is 13.1 Å². The molecule has 3 aromatic rings. The normalized spacial score (nSPS) is 18.5. The van der Waals surface area contributed by atoms with Crippen molar-refractivity contribution < 1.29 is 4.79 Å². The highest BCUT2D eigenvalue weighted by Crippen LogP contribution is 2.30. The largest absolute Gasteiger partial charge is 0.343 e. The number of amides is 1. The first-order chi connectivity index (χ1) is 13.8. The highest BCUT2D eigenvalue weighted by molar-refractivity contribution is 7.12. The van der Waals surface area contributed by atoms with E-state index in [1.807, 2.05) is 48.1 Å². The Morgan fingerprint density at radius 2 is 2.07 bits per heavy atom. The van der Waals surface area contributed by atoms with Crippen molar-refractivity contribution in [2.24, 2.45) is 5.92 Å². The Bertz CT molecular complexity index is 870. The first-order valence-electron chi connectivity index (χ1n) is 9.66. The third-order valence-corrected chi connectivity index (χ3v) is 6.08. The van der Waals surface area contributed by atoms with E-state index in [9.17, 15) is 4.79 Å². The molecule has 6 heteroatoms. The minimum Gasteiger partial charge on any atom is -0.343 e. The molecule has 5 nitrogen and oxygen atoms in total. The average Bonchev–Trinajstić information content (AvgIpc) is 3.29. The van der Waals surface area contributed by atoms with Gasteiger partial charge in [-0.1, -0.05) is 12.1 Å². The van der Waals surface area contributed by atoms with Gasteiger partial charge >= 0.3 is 0 Å². The zero-order valence-electron chi connectivity index (χ0n) is 15.7.